The van der Waals surface area contributed by atoms with Crippen molar-refractivity contribution in [2.45, 2.75) is 18.6 Å². The van der Waals surface area contributed by atoms with Gasteiger partial charge in [0.05, 0.1) is 19.2 Å². The summed E-state index contributed by atoms with van der Waals surface area (Å²) in [6.07, 6.45) is -1.23. The highest BCUT2D eigenvalue weighted by molar-refractivity contribution is 6.32. The van der Waals surface area contributed by atoms with Crippen molar-refractivity contribution < 1.29 is 24.2 Å². The van der Waals surface area contributed by atoms with Crippen LogP contribution >= 0.6 is 11.6 Å². The minimum Gasteiger partial charge on any atom is -0.495 e. The lowest BCUT2D eigenvalue weighted by Gasteiger charge is -2.19. The summed E-state index contributed by atoms with van der Waals surface area (Å²) in [6, 6.07) is 12.5. The van der Waals surface area contributed by atoms with E-state index < -0.39 is 24.0 Å². The number of aliphatic hydroxyl groups is 1. The lowest BCUT2D eigenvalue weighted by molar-refractivity contribution is -0.146. The Labute approximate surface area is 156 Å². The largest absolute Gasteiger partial charge is 0.495 e. The fourth-order valence-corrected chi connectivity index (χ4v) is 2.73. The zero-order chi connectivity index (χ0) is 19.1. The van der Waals surface area contributed by atoms with E-state index in [1.165, 1.54) is 14.2 Å². The molecule has 0 aliphatic rings. The predicted molar refractivity (Wildman–Crippen MR) is 97.1 cm³/mol. The first-order chi connectivity index (χ1) is 12.5. The van der Waals surface area contributed by atoms with E-state index in [4.69, 9.17) is 21.1 Å². The number of ether oxygens (including phenoxy) is 2. The molecule has 0 aliphatic carbocycles. The van der Waals surface area contributed by atoms with Gasteiger partial charge in [-0.3, -0.25) is 4.79 Å². The number of carbonyl (C=O) groups excluding carboxylic acids is 2. The number of esters is 1. The Hall–Kier alpha value is -2.57. The fraction of sp³-hybridized carbons (Fsp3) is 0.263. The summed E-state index contributed by atoms with van der Waals surface area (Å²) in [7, 11) is 2.74. The molecule has 0 radical (unpaired) electrons. The van der Waals surface area contributed by atoms with Crippen molar-refractivity contribution >= 4 is 23.5 Å². The molecule has 7 heteroatoms. The van der Waals surface area contributed by atoms with Crippen molar-refractivity contribution in [3.8, 4) is 5.75 Å². The van der Waals surface area contributed by atoms with Crippen LogP contribution in [0.3, 0.4) is 0 Å². The van der Waals surface area contributed by atoms with E-state index in [2.05, 4.69) is 5.32 Å². The molecule has 0 saturated heterocycles. The maximum atomic E-state index is 12.3. The second kappa shape index (κ2) is 9.22. The molecule has 0 spiro atoms. The normalized spacial score (nSPS) is 12.8. The molecule has 0 saturated carbocycles. The fourth-order valence-electron chi connectivity index (χ4n) is 2.45. The van der Waals surface area contributed by atoms with Gasteiger partial charge in [0.25, 0.3) is 5.91 Å². The molecular weight excluding hydrogens is 358 g/mol. The van der Waals surface area contributed by atoms with Crippen molar-refractivity contribution in [3.05, 3.63) is 64.7 Å². The quantitative estimate of drug-likeness (QED) is 0.723. The molecule has 0 fully saturated rings. The first-order valence-corrected chi connectivity index (χ1v) is 8.27. The van der Waals surface area contributed by atoms with E-state index >= 15 is 0 Å². The van der Waals surface area contributed by atoms with Crippen LogP contribution in [0, 0.1) is 0 Å². The smallest absolute Gasteiger partial charge is 0.328 e. The highest BCUT2D eigenvalue weighted by Crippen LogP contribution is 2.25. The number of aliphatic hydroxyl groups excluding tert-OH is 1. The maximum Gasteiger partial charge on any atom is 0.328 e. The Kier molecular flexibility index (Phi) is 7.00. The molecular formula is C19H20ClNO5. The van der Waals surface area contributed by atoms with Crippen LogP contribution in [-0.4, -0.2) is 37.2 Å². The second-order valence-corrected chi connectivity index (χ2v) is 5.98. The van der Waals surface area contributed by atoms with Gasteiger partial charge in [-0.05, 0) is 23.3 Å². The van der Waals surface area contributed by atoms with Gasteiger partial charge >= 0.3 is 5.97 Å². The predicted octanol–water partition coefficient (Wildman–Crippen LogP) is 2.28. The second-order valence-electron chi connectivity index (χ2n) is 5.57. The van der Waals surface area contributed by atoms with Gasteiger partial charge in [-0.1, -0.05) is 48.0 Å². The third-order valence-electron chi connectivity index (χ3n) is 3.82. The van der Waals surface area contributed by atoms with E-state index in [1.54, 1.807) is 48.5 Å². The summed E-state index contributed by atoms with van der Waals surface area (Å²) in [6.45, 7) is 0. The lowest BCUT2D eigenvalue weighted by Crippen LogP contribution is -2.45. The van der Waals surface area contributed by atoms with E-state index in [9.17, 15) is 14.7 Å². The van der Waals surface area contributed by atoms with Crippen molar-refractivity contribution in [1.29, 1.82) is 0 Å². The Morgan fingerprint density at radius 2 is 1.85 bits per heavy atom. The lowest BCUT2D eigenvalue weighted by atomic mass is 10.0. The van der Waals surface area contributed by atoms with Gasteiger partial charge in [-0.2, -0.15) is 0 Å². The molecule has 0 heterocycles. The van der Waals surface area contributed by atoms with Crippen LogP contribution < -0.4 is 10.1 Å². The average Bonchev–Trinajstić information content (AvgIpc) is 2.67. The summed E-state index contributed by atoms with van der Waals surface area (Å²) in [5, 5.41) is 13.1. The molecule has 138 valence electrons. The number of hydrogen-bond donors (Lipinski definition) is 2. The van der Waals surface area contributed by atoms with Gasteiger partial charge in [-0.25, -0.2) is 4.79 Å². The number of halogens is 1. The van der Waals surface area contributed by atoms with Crippen LogP contribution in [-0.2, 0) is 20.7 Å². The minimum atomic E-state index is -1.39. The molecule has 0 aliphatic heterocycles. The molecule has 2 rings (SSSR count). The van der Waals surface area contributed by atoms with Gasteiger partial charge < -0.3 is 19.9 Å². The highest BCUT2D eigenvalue weighted by Gasteiger charge is 2.26. The van der Waals surface area contributed by atoms with E-state index in [-0.39, 0.29) is 6.42 Å². The molecule has 0 bridgehead atoms. The monoisotopic (exact) mass is 377 g/mol. The van der Waals surface area contributed by atoms with Gasteiger partial charge in [0.2, 0.25) is 0 Å². The summed E-state index contributed by atoms with van der Waals surface area (Å²) >= 11 is 6.09. The standard InChI is InChI=1S/C19H20ClNO5/c1-25-16-9-8-12(10-14(16)20)11-15(19(24)26-2)21-18(23)17(22)13-6-4-3-5-7-13/h3-10,15,17,22H,11H2,1-2H3,(H,21,23)/t15-,17-/m0/s1. The molecule has 6 nitrogen and oxygen atoms in total. The van der Waals surface area contributed by atoms with E-state index in [0.717, 1.165) is 0 Å². The first kappa shape index (κ1) is 19.8. The number of methoxy groups -OCH3 is 2. The van der Waals surface area contributed by atoms with Crippen LogP contribution in [0.25, 0.3) is 0 Å². The average molecular weight is 378 g/mol. The molecule has 0 unspecified atom stereocenters. The number of rotatable bonds is 7. The number of hydrogen-bond acceptors (Lipinski definition) is 5. The van der Waals surface area contributed by atoms with E-state index in [1.807, 2.05) is 0 Å². The van der Waals surface area contributed by atoms with Gasteiger partial charge in [-0.15, -0.1) is 0 Å². The molecule has 2 N–H and O–H groups in total. The zero-order valence-corrected chi connectivity index (χ0v) is 15.2. The molecule has 0 aromatic heterocycles. The Morgan fingerprint density at radius 1 is 1.15 bits per heavy atom. The molecule has 1 amide bonds. The number of amides is 1. The van der Waals surface area contributed by atoms with Crippen molar-refractivity contribution in [3.63, 3.8) is 0 Å². The summed E-state index contributed by atoms with van der Waals surface area (Å²) in [4.78, 5) is 24.4. The zero-order valence-electron chi connectivity index (χ0n) is 14.4. The number of nitrogens with one attached hydrogen (secondary N) is 1. The van der Waals surface area contributed by atoms with Crippen molar-refractivity contribution in [1.82, 2.24) is 5.32 Å². The molecule has 2 aromatic carbocycles. The van der Waals surface area contributed by atoms with Crippen molar-refractivity contribution in [2.24, 2.45) is 0 Å². The van der Waals surface area contributed by atoms with E-state index in [0.29, 0.717) is 21.9 Å². The number of benzene rings is 2. The van der Waals surface area contributed by atoms with Gasteiger partial charge in [0, 0.05) is 6.42 Å². The highest BCUT2D eigenvalue weighted by atomic mass is 35.5. The Balaban J connectivity index is 2.13. The first-order valence-electron chi connectivity index (χ1n) is 7.90. The topological polar surface area (TPSA) is 84.9 Å². The summed E-state index contributed by atoms with van der Waals surface area (Å²) in [5.74, 6) is -0.801. The van der Waals surface area contributed by atoms with Crippen LogP contribution in [0.1, 0.15) is 17.2 Å². The number of carbonyl (C=O) groups is 2. The SMILES string of the molecule is COC(=O)[C@H](Cc1ccc(OC)c(Cl)c1)NC(=O)[C@@H](O)c1ccccc1. The molecule has 2 atom stereocenters. The van der Waals surface area contributed by atoms with Crippen molar-refractivity contribution in [2.75, 3.05) is 14.2 Å². The Morgan fingerprint density at radius 3 is 2.42 bits per heavy atom. The van der Waals surface area contributed by atoms with Crippen LogP contribution in [0.4, 0.5) is 0 Å². The third-order valence-corrected chi connectivity index (χ3v) is 4.12. The minimum absolute atomic E-state index is 0.156. The van der Waals surface area contributed by atoms with Crippen LogP contribution in [0.15, 0.2) is 48.5 Å². The summed E-state index contributed by atoms with van der Waals surface area (Å²) in [5.41, 5.74) is 1.14. The maximum absolute atomic E-state index is 12.3. The van der Waals surface area contributed by atoms with Crippen LogP contribution in [0.2, 0.25) is 5.02 Å². The summed E-state index contributed by atoms with van der Waals surface area (Å²) < 4.78 is 9.85. The van der Waals surface area contributed by atoms with Gasteiger partial charge in [0.1, 0.15) is 11.8 Å². The Bertz CT molecular complexity index is 766. The third kappa shape index (κ3) is 4.97. The van der Waals surface area contributed by atoms with Crippen LogP contribution in [0.5, 0.6) is 5.75 Å². The molecule has 2 aromatic rings. The van der Waals surface area contributed by atoms with Gasteiger partial charge in [0.15, 0.2) is 6.10 Å². The molecule has 26 heavy (non-hydrogen) atoms.